The van der Waals surface area contributed by atoms with Crippen molar-refractivity contribution in [1.82, 2.24) is 9.55 Å². The van der Waals surface area contributed by atoms with Gasteiger partial charge in [0.15, 0.2) is 6.29 Å². The van der Waals surface area contributed by atoms with E-state index in [-0.39, 0.29) is 17.8 Å². The van der Waals surface area contributed by atoms with Crippen molar-refractivity contribution in [2.75, 3.05) is 0 Å². The summed E-state index contributed by atoms with van der Waals surface area (Å²) in [6.45, 7) is 0.0777. The number of benzene rings is 1. The van der Waals surface area contributed by atoms with Gasteiger partial charge in [0.05, 0.1) is 17.8 Å². The van der Waals surface area contributed by atoms with Gasteiger partial charge in [0.1, 0.15) is 5.69 Å². The summed E-state index contributed by atoms with van der Waals surface area (Å²) in [5.74, 6) is -0.871. The average Bonchev–Trinajstić information content (AvgIpc) is 2.79. The summed E-state index contributed by atoms with van der Waals surface area (Å²) >= 11 is 0. The molecule has 0 saturated heterocycles. The summed E-state index contributed by atoms with van der Waals surface area (Å²) in [4.78, 5) is 24.0. The molecule has 1 aromatic heterocycles. The Bertz CT molecular complexity index is 609. The van der Waals surface area contributed by atoms with Crippen LogP contribution in [-0.4, -0.2) is 20.8 Å². The van der Waals surface area contributed by atoms with E-state index in [4.69, 9.17) is 0 Å². The number of aldehydes is 1. The Hall–Kier alpha value is -2.57. The van der Waals surface area contributed by atoms with Gasteiger partial charge in [-0.25, -0.2) is 4.98 Å². The molecule has 0 atom stereocenters. The minimum absolute atomic E-state index is 0.0777. The molecule has 0 amide bonds. The Morgan fingerprint density at radius 1 is 1.50 bits per heavy atom. The van der Waals surface area contributed by atoms with E-state index in [1.54, 1.807) is 0 Å². The van der Waals surface area contributed by atoms with Crippen molar-refractivity contribution in [2.24, 2.45) is 0 Å². The van der Waals surface area contributed by atoms with E-state index in [0.29, 0.717) is 6.29 Å². The highest BCUT2D eigenvalue weighted by molar-refractivity contribution is 5.70. The van der Waals surface area contributed by atoms with Crippen molar-refractivity contribution in [1.29, 1.82) is 0 Å². The molecular weight excluding hydrogens is 241 g/mol. The molecule has 18 heavy (non-hydrogen) atoms. The Labute approximate surface area is 101 Å². The van der Waals surface area contributed by atoms with Gasteiger partial charge in [-0.2, -0.15) is 4.39 Å². The highest BCUT2D eigenvalue weighted by atomic mass is 19.1. The summed E-state index contributed by atoms with van der Waals surface area (Å²) < 4.78 is 15.2. The summed E-state index contributed by atoms with van der Waals surface area (Å²) in [6, 6.07) is 3.96. The Balaban J connectivity index is 2.31. The minimum atomic E-state index is -0.871. The second-order valence-corrected chi connectivity index (χ2v) is 3.60. The molecule has 1 aromatic carbocycles. The number of nitrogens with zero attached hydrogens (tertiary/aromatic N) is 3. The first kappa shape index (κ1) is 11.9. The van der Waals surface area contributed by atoms with E-state index in [1.807, 2.05) is 0 Å². The van der Waals surface area contributed by atoms with Gasteiger partial charge in [0.25, 0.3) is 0 Å². The average molecular weight is 249 g/mol. The van der Waals surface area contributed by atoms with Crippen LogP contribution in [0.5, 0.6) is 0 Å². The van der Waals surface area contributed by atoms with E-state index >= 15 is 0 Å². The molecule has 0 N–H and O–H groups in total. The SMILES string of the molecule is O=Cc1cn(Cc2cccc([N+](=O)[O-])c2F)cn1. The molecular formula is C11H8FN3O3. The molecule has 0 aliphatic heterocycles. The van der Waals surface area contributed by atoms with Crippen LogP contribution in [0.25, 0.3) is 0 Å². The zero-order valence-corrected chi connectivity index (χ0v) is 9.12. The van der Waals surface area contributed by atoms with Crippen LogP contribution in [0.4, 0.5) is 10.1 Å². The van der Waals surface area contributed by atoms with Crippen molar-refractivity contribution in [2.45, 2.75) is 6.54 Å². The van der Waals surface area contributed by atoms with Crippen LogP contribution < -0.4 is 0 Å². The lowest BCUT2D eigenvalue weighted by atomic mass is 10.2. The third-order valence-electron chi connectivity index (χ3n) is 2.38. The molecule has 1 heterocycles. The molecule has 7 heteroatoms. The predicted octanol–water partition coefficient (Wildman–Crippen LogP) is 1.79. The van der Waals surface area contributed by atoms with Crippen molar-refractivity contribution < 1.29 is 14.1 Å². The lowest BCUT2D eigenvalue weighted by molar-refractivity contribution is -0.387. The number of aromatic nitrogens is 2. The molecule has 0 aliphatic rings. The lowest BCUT2D eigenvalue weighted by Crippen LogP contribution is -2.02. The molecule has 6 nitrogen and oxygen atoms in total. The molecule has 2 rings (SSSR count). The van der Waals surface area contributed by atoms with E-state index in [9.17, 15) is 19.3 Å². The van der Waals surface area contributed by atoms with Gasteiger partial charge in [-0.1, -0.05) is 12.1 Å². The van der Waals surface area contributed by atoms with Crippen LogP contribution in [0, 0.1) is 15.9 Å². The second kappa shape index (κ2) is 4.74. The standard InChI is InChI=1S/C11H8FN3O3/c12-11-8(2-1-3-10(11)15(17)18)4-14-5-9(6-16)13-7-14/h1-3,5-7H,4H2. The Kier molecular flexibility index (Phi) is 3.13. The Morgan fingerprint density at radius 3 is 2.89 bits per heavy atom. The summed E-state index contributed by atoms with van der Waals surface area (Å²) in [6.07, 6.45) is 3.37. The highest BCUT2D eigenvalue weighted by Gasteiger charge is 2.17. The van der Waals surface area contributed by atoms with Crippen molar-refractivity contribution in [3.8, 4) is 0 Å². The van der Waals surface area contributed by atoms with Gasteiger partial charge < -0.3 is 4.57 Å². The molecule has 0 spiro atoms. The maximum Gasteiger partial charge on any atom is 0.305 e. The maximum atomic E-state index is 13.8. The van der Waals surface area contributed by atoms with Crippen molar-refractivity contribution in [3.63, 3.8) is 0 Å². The molecule has 0 saturated carbocycles. The monoisotopic (exact) mass is 249 g/mol. The fourth-order valence-electron chi connectivity index (χ4n) is 1.55. The van der Waals surface area contributed by atoms with Crippen LogP contribution in [0.1, 0.15) is 16.1 Å². The summed E-state index contributed by atoms with van der Waals surface area (Å²) in [7, 11) is 0. The fraction of sp³-hybridized carbons (Fsp3) is 0.0909. The van der Waals surface area contributed by atoms with Crippen LogP contribution in [0.3, 0.4) is 0 Å². The minimum Gasteiger partial charge on any atom is -0.332 e. The third-order valence-corrected chi connectivity index (χ3v) is 2.38. The zero-order valence-electron chi connectivity index (χ0n) is 9.12. The molecule has 0 aliphatic carbocycles. The molecule has 2 aromatic rings. The molecule has 92 valence electrons. The highest BCUT2D eigenvalue weighted by Crippen LogP contribution is 2.20. The second-order valence-electron chi connectivity index (χ2n) is 3.60. The van der Waals surface area contributed by atoms with Crippen LogP contribution in [0.15, 0.2) is 30.7 Å². The number of nitro benzene ring substituents is 1. The van der Waals surface area contributed by atoms with E-state index in [0.717, 1.165) is 6.07 Å². The van der Waals surface area contributed by atoms with Crippen LogP contribution >= 0.6 is 0 Å². The first-order valence-corrected chi connectivity index (χ1v) is 5.00. The molecule has 0 unspecified atom stereocenters. The number of hydrogen-bond acceptors (Lipinski definition) is 4. The number of carbonyl (C=O) groups is 1. The van der Waals surface area contributed by atoms with Gasteiger partial charge in [-0.15, -0.1) is 0 Å². The van der Waals surface area contributed by atoms with E-state index in [2.05, 4.69) is 4.98 Å². The number of imidazole rings is 1. The number of rotatable bonds is 4. The van der Waals surface area contributed by atoms with Gasteiger partial charge >= 0.3 is 5.69 Å². The summed E-state index contributed by atoms with van der Waals surface area (Å²) in [5.41, 5.74) is -0.178. The molecule has 0 bridgehead atoms. The molecule has 0 fully saturated rings. The van der Waals surface area contributed by atoms with Gasteiger partial charge in [0.2, 0.25) is 5.82 Å². The number of hydrogen-bond donors (Lipinski definition) is 0. The van der Waals surface area contributed by atoms with Crippen molar-refractivity contribution in [3.05, 3.63) is 57.9 Å². The zero-order chi connectivity index (χ0) is 13.1. The number of carbonyl (C=O) groups excluding carboxylic acids is 1. The number of nitro groups is 1. The van der Waals surface area contributed by atoms with Gasteiger partial charge in [0, 0.05) is 17.8 Å². The topological polar surface area (TPSA) is 78.0 Å². The largest absolute Gasteiger partial charge is 0.332 e. The number of halogens is 1. The van der Waals surface area contributed by atoms with Crippen LogP contribution in [0.2, 0.25) is 0 Å². The van der Waals surface area contributed by atoms with Crippen LogP contribution in [-0.2, 0) is 6.54 Å². The van der Waals surface area contributed by atoms with Gasteiger partial charge in [-0.05, 0) is 0 Å². The molecule has 0 radical (unpaired) electrons. The maximum absolute atomic E-state index is 13.8. The van der Waals surface area contributed by atoms with E-state index < -0.39 is 16.4 Å². The van der Waals surface area contributed by atoms with Crippen molar-refractivity contribution >= 4 is 12.0 Å². The van der Waals surface area contributed by atoms with E-state index in [1.165, 1.54) is 29.2 Å². The van der Waals surface area contributed by atoms with Gasteiger partial charge in [-0.3, -0.25) is 14.9 Å². The lowest BCUT2D eigenvalue weighted by Gasteiger charge is -2.04. The quantitative estimate of drug-likeness (QED) is 0.470. The Morgan fingerprint density at radius 2 is 2.28 bits per heavy atom. The normalized spacial score (nSPS) is 10.3. The fourth-order valence-corrected chi connectivity index (χ4v) is 1.55. The summed E-state index contributed by atoms with van der Waals surface area (Å²) in [5, 5.41) is 10.6. The smallest absolute Gasteiger partial charge is 0.305 e. The predicted molar refractivity (Wildman–Crippen MR) is 59.8 cm³/mol. The first-order chi connectivity index (χ1) is 8.61. The third kappa shape index (κ3) is 2.24. The first-order valence-electron chi connectivity index (χ1n) is 5.00.